The van der Waals surface area contributed by atoms with Gasteiger partial charge in [-0.25, -0.2) is 0 Å². The Hall–Kier alpha value is -1.48. The van der Waals surface area contributed by atoms with Gasteiger partial charge < -0.3 is 14.6 Å². The first-order chi connectivity index (χ1) is 7.33. The van der Waals surface area contributed by atoms with Gasteiger partial charge in [-0.05, 0) is 36.8 Å². The summed E-state index contributed by atoms with van der Waals surface area (Å²) in [6, 6.07) is 5.71. The molecule has 1 aliphatic rings. The molecule has 3 heteroatoms. The van der Waals surface area contributed by atoms with Crippen molar-refractivity contribution in [2.45, 2.75) is 6.92 Å². The number of ether oxygens (including phenoxy) is 2. The molecule has 15 heavy (non-hydrogen) atoms. The number of rotatable bonds is 3. The first-order valence-corrected chi connectivity index (χ1v) is 5.03. The Bertz CT molecular complexity index is 382. The molecule has 1 aromatic carbocycles. The molecule has 0 aliphatic carbocycles. The average Bonchev–Trinajstić information content (AvgIpc) is 2.28. The summed E-state index contributed by atoms with van der Waals surface area (Å²) in [5.74, 6) is 1.67. The zero-order valence-electron chi connectivity index (χ0n) is 8.69. The second-order valence-electron chi connectivity index (χ2n) is 3.38. The lowest BCUT2D eigenvalue weighted by Crippen LogP contribution is -2.09. The summed E-state index contributed by atoms with van der Waals surface area (Å²) in [5, 5.41) is 9.01. The van der Waals surface area contributed by atoms with Gasteiger partial charge in [0.15, 0.2) is 0 Å². The average molecular weight is 206 g/mol. The van der Waals surface area contributed by atoms with Crippen LogP contribution < -0.4 is 9.47 Å². The molecule has 0 fully saturated rings. The van der Waals surface area contributed by atoms with Crippen molar-refractivity contribution in [2.24, 2.45) is 0 Å². The van der Waals surface area contributed by atoms with E-state index < -0.39 is 0 Å². The Morgan fingerprint density at radius 3 is 3.07 bits per heavy atom. The van der Waals surface area contributed by atoms with Crippen molar-refractivity contribution < 1.29 is 14.6 Å². The maximum Gasteiger partial charge on any atom is 0.127 e. The second-order valence-corrected chi connectivity index (χ2v) is 3.38. The van der Waals surface area contributed by atoms with Gasteiger partial charge in [-0.15, -0.1) is 0 Å². The van der Waals surface area contributed by atoms with Gasteiger partial charge in [0.1, 0.15) is 18.1 Å². The smallest absolute Gasteiger partial charge is 0.127 e. The maximum atomic E-state index is 9.01. The van der Waals surface area contributed by atoms with E-state index in [0.29, 0.717) is 13.2 Å². The highest BCUT2D eigenvalue weighted by Gasteiger charge is 2.11. The van der Waals surface area contributed by atoms with E-state index in [1.54, 1.807) is 0 Å². The quantitative estimate of drug-likeness (QED) is 0.820. The van der Waals surface area contributed by atoms with Gasteiger partial charge in [0.05, 0.1) is 13.2 Å². The fourth-order valence-electron chi connectivity index (χ4n) is 1.55. The Morgan fingerprint density at radius 1 is 1.47 bits per heavy atom. The van der Waals surface area contributed by atoms with E-state index in [1.807, 2.05) is 31.2 Å². The van der Waals surface area contributed by atoms with E-state index in [-0.39, 0.29) is 6.61 Å². The molecule has 0 spiro atoms. The molecular weight excluding hydrogens is 192 g/mol. The summed E-state index contributed by atoms with van der Waals surface area (Å²) in [5.41, 5.74) is 1.85. The Morgan fingerprint density at radius 2 is 2.33 bits per heavy atom. The molecule has 0 aromatic heterocycles. The minimum absolute atomic E-state index is 0.0400. The predicted octanol–water partition coefficient (Wildman–Crippen LogP) is 1.85. The molecule has 80 valence electrons. The third-order valence-electron chi connectivity index (χ3n) is 2.27. The summed E-state index contributed by atoms with van der Waals surface area (Å²) >= 11 is 0. The largest absolute Gasteiger partial charge is 0.494 e. The minimum atomic E-state index is 0.0400. The highest BCUT2D eigenvalue weighted by atomic mass is 16.5. The van der Waals surface area contributed by atoms with E-state index in [4.69, 9.17) is 14.6 Å². The SMILES string of the molecule is CCOc1ccc2c(c1)C=C(CO)CO2. The van der Waals surface area contributed by atoms with Crippen molar-refractivity contribution in [3.8, 4) is 11.5 Å². The zero-order valence-corrected chi connectivity index (χ0v) is 8.69. The molecule has 0 bridgehead atoms. The molecule has 1 aromatic rings. The number of benzene rings is 1. The highest BCUT2D eigenvalue weighted by Crippen LogP contribution is 2.29. The highest BCUT2D eigenvalue weighted by molar-refractivity contribution is 5.64. The molecule has 0 saturated carbocycles. The van der Waals surface area contributed by atoms with Crippen LogP contribution in [0.25, 0.3) is 6.08 Å². The fourth-order valence-corrected chi connectivity index (χ4v) is 1.55. The Balaban J connectivity index is 2.31. The van der Waals surface area contributed by atoms with Crippen molar-refractivity contribution in [2.75, 3.05) is 19.8 Å². The normalized spacial score (nSPS) is 13.9. The molecule has 0 atom stereocenters. The number of aliphatic hydroxyl groups is 1. The number of hydrogen-bond acceptors (Lipinski definition) is 3. The molecule has 1 heterocycles. The summed E-state index contributed by atoms with van der Waals surface area (Å²) in [7, 11) is 0. The standard InChI is InChI=1S/C12H14O3/c1-2-14-11-3-4-12-10(6-11)5-9(7-13)8-15-12/h3-6,13H,2,7-8H2,1H3. The van der Waals surface area contributed by atoms with Crippen LogP contribution in [0, 0.1) is 0 Å². The van der Waals surface area contributed by atoms with Crippen LogP contribution in [0.4, 0.5) is 0 Å². The monoisotopic (exact) mass is 206 g/mol. The van der Waals surface area contributed by atoms with Gasteiger partial charge >= 0.3 is 0 Å². The van der Waals surface area contributed by atoms with E-state index in [1.165, 1.54) is 0 Å². The van der Waals surface area contributed by atoms with E-state index in [9.17, 15) is 0 Å². The van der Waals surface area contributed by atoms with Crippen molar-refractivity contribution in [1.29, 1.82) is 0 Å². The van der Waals surface area contributed by atoms with Crippen LogP contribution in [-0.4, -0.2) is 24.9 Å². The molecule has 0 radical (unpaired) electrons. The lowest BCUT2D eigenvalue weighted by atomic mass is 10.1. The van der Waals surface area contributed by atoms with Crippen LogP contribution in [0.2, 0.25) is 0 Å². The first-order valence-electron chi connectivity index (χ1n) is 5.03. The van der Waals surface area contributed by atoms with Crippen molar-refractivity contribution in [1.82, 2.24) is 0 Å². The van der Waals surface area contributed by atoms with Gasteiger partial charge in [0, 0.05) is 5.56 Å². The second kappa shape index (κ2) is 4.36. The summed E-state index contributed by atoms with van der Waals surface area (Å²) in [4.78, 5) is 0. The molecular formula is C12H14O3. The molecule has 1 aliphatic heterocycles. The van der Waals surface area contributed by atoms with Gasteiger partial charge in [0.2, 0.25) is 0 Å². The van der Waals surface area contributed by atoms with E-state index in [0.717, 1.165) is 22.6 Å². The Labute approximate surface area is 88.9 Å². The lowest BCUT2D eigenvalue weighted by Gasteiger charge is -2.17. The molecule has 1 N–H and O–H groups in total. The van der Waals surface area contributed by atoms with Crippen LogP contribution in [0.15, 0.2) is 23.8 Å². The summed E-state index contributed by atoms with van der Waals surface area (Å²) < 4.78 is 10.9. The van der Waals surface area contributed by atoms with E-state index in [2.05, 4.69) is 0 Å². The third-order valence-corrected chi connectivity index (χ3v) is 2.27. The summed E-state index contributed by atoms with van der Waals surface area (Å²) in [6.45, 7) is 3.11. The number of hydrogen-bond donors (Lipinski definition) is 1. The van der Waals surface area contributed by atoms with Crippen LogP contribution in [0.1, 0.15) is 12.5 Å². The molecule has 3 nitrogen and oxygen atoms in total. The van der Waals surface area contributed by atoms with E-state index >= 15 is 0 Å². The van der Waals surface area contributed by atoms with Crippen LogP contribution in [0.5, 0.6) is 11.5 Å². The van der Waals surface area contributed by atoms with Crippen molar-refractivity contribution in [3.63, 3.8) is 0 Å². The van der Waals surface area contributed by atoms with Crippen LogP contribution in [-0.2, 0) is 0 Å². The third kappa shape index (κ3) is 2.13. The van der Waals surface area contributed by atoms with Crippen molar-refractivity contribution >= 4 is 6.08 Å². The van der Waals surface area contributed by atoms with Gasteiger partial charge in [0.25, 0.3) is 0 Å². The molecule has 2 rings (SSSR count). The molecule has 0 amide bonds. The maximum absolute atomic E-state index is 9.01. The van der Waals surface area contributed by atoms with Gasteiger partial charge in [-0.2, -0.15) is 0 Å². The zero-order chi connectivity index (χ0) is 10.7. The fraction of sp³-hybridized carbons (Fsp3) is 0.333. The molecule has 0 saturated heterocycles. The van der Waals surface area contributed by atoms with Crippen molar-refractivity contribution in [3.05, 3.63) is 29.3 Å². The number of aliphatic hydroxyl groups excluding tert-OH is 1. The molecule has 0 unspecified atom stereocenters. The Kier molecular flexibility index (Phi) is 2.92. The van der Waals surface area contributed by atoms with Crippen LogP contribution >= 0.6 is 0 Å². The predicted molar refractivity (Wildman–Crippen MR) is 58.2 cm³/mol. The first kappa shape index (κ1) is 10.1. The minimum Gasteiger partial charge on any atom is -0.494 e. The topological polar surface area (TPSA) is 38.7 Å². The van der Waals surface area contributed by atoms with Gasteiger partial charge in [-0.1, -0.05) is 0 Å². The van der Waals surface area contributed by atoms with Gasteiger partial charge in [-0.3, -0.25) is 0 Å². The lowest BCUT2D eigenvalue weighted by molar-refractivity contribution is 0.284. The number of fused-ring (bicyclic) bond motifs is 1. The van der Waals surface area contributed by atoms with Crippen LogP contribution in [0.3, 0.4) is 0 Å². The summed E-state index contributed by atoms with van der Waals surface area (Å²) in [6.07, 6.45) is 1.95.